The molecule has 12 rings (SSSR count). The molecule has 0 saturated heterocycles. The summed E-state index contributed by atoms with van der Waals surface area (Å²) in [5.74, 6) is 0. The van der Waals surface area contributed by atoms with E-state index in [1.165, 1.54) is 89.0 Å². The van der Waals surface area contributed by atoms with Crippen LogP contribution in [-0.2, 0) is 16.2 Å². The first-order valence-corrected chi connectivity index (χ1v) is 25.0. The third-order valence-corrected chi connectivity index (χ3v) is 15.6. The number of hydrogen-bond acceptors (Lipinski definition) is 1. The maximum atomic E-state index is 2.59. The molecule has 0 spiro atoms. The van der Waals surface area contributed by atoms with Crippen LogP contribution in [-0.4, -0.2) is 0 Å². The minimum atomic E-state index is -0.584. The minimum absolute atomic E-state index is 0.0366. The molecule has 10 aromatic carbocycles. The normalized spacial score (nSPS) is 14.8. The lowest BCUT2D eigenvalue weighted by molar-refractivity contribution is 0.333. The standard InChI is InChI=1S/C69H57N/c1-67(2)44-45-68(3,4)66-58(32-21-34-62(66)67)60-46-59-57-31-17-19-33-61(57)69(53-26-13-7-14-27-53,54-28-15-8-16-29-54)63(59)47-65(60)70(64-35-20-18-30-56(64)52-24-11-6-12-25-52)55-42-40-51(41-43-55)50-38-36-49(37-39-50)48-22-9-5-10-23-48/h5-43,46-47H,44-45H2,1-4H3. The van der Waals surface area contributed by atoms with Crippen molar-refractivity contribution in [3.63, 3.8) is 0 Å². The molecule has 0 fully saturated rings. The highest BCUT2D eigenvalue weighted by atomic mass is 15.1. The van der Waals surface area contributed by atoms with Gasteiger partial charge in [0, 0.05) is 16.8 Å². The summed E-state index contributed by atoms with van der Waals surface area (Å²) >= 11 is 0. The van der Waals surface area contributed by atoms with Crippen LogP contribution in [0.15, 0.2) is 249 Å². The Hall–Kier alpha value is -8.00. The van der Waals surface area contributed by atoms with E-state index in [9.17, 15) is 0 Å². The first-order valence-electron chi connectivity index (χ1n) is 25.0. The second-order valence-electron chi connectivity index (χ2n) is 20.6. The predicted octanol–water partition coefficient (Wildman–Crippen LogP) is 18.5. The van der Waals surface area contributed by atoms with Gasteiger partial charge in [-0.3, -0.25) is 0 Å². The van der Waals surface area contributed by atoms with Crippen molar-refractivity contribution in [2.75, 3.05) is 4.90 Å². The maximum Gasteiger partial charge on any atom is 0.0714 e. The molecule has 2 aliphatic rings. The van der Waals surface area contributed by atoms with Gasteiger partial charge in [-0.15, -0.1) is 0 Å². The van der Waals surface area contributed by atoms with Gasteiger partial charge in [-0.05, 0) is 132 Å². The van der Waals surface area contributed by atoms with Crippen molar-refractivity contribution in [3.8, 4) is 55.6 Å². The van der Waals surface area contributed by atoms with Crippen LogP contribution < -0.4 is 4.90 Å². The number of hydrogen-bond donors (Lipinski definition) is 0. The Bertz CT molecular complexity index is 3460. The lowest BCUT2D eigenvalue weighted by atomic mass is 9.61. The van der Waals surface area contributed by atoms with E-state index in [2.05, 4.69) is 281 Å². The lowest BCUT2D eigenvalue weighted by Gasteiger charge is -2.43. The number of rotatable bonds is 9. The van der Waals surface area contributed by atoms with E-state index in [1.54, 1.807) is 0 Å². The highest BCUT2D eigenvalue weighted by Crippen LogP contribution is 2.60. The fourth-order valence-corrected chi connectivity index (χ4v) is 12.1. The van der Waals surface area contributed by atoms with Crippen molar-refractivity contribution in [1.82, 2.24) is 0 Å². The zero-order valence-corrected chi connectivity index (χ0v) is 40.5. The molecule has 0 N–H and O–H groups in total. The Morgan fingerprint density at radius 2 is 0.757 bits per heavy atom. The molecule has 0 radical (unpaired) electrons. The van der Waals surface area contributed by atoms with Gasteiger partial charge in [0.05, 0.1) is 16.8 Å². The summed E-state index contributed by atoms with van der Waals surface area (Å²) in [6, 6.07) is 92.7. The van der Waals surface area contributed by atoms with Gasteiger partial charge in [-0.25, -0.2) is 0 Å². The summed E-state index contributed by atoms with van der Waals surface area (Å²) in [7, 11) is 0. The van der Waals surface area contributed by atoms with Crippen molar-refractivity contribution >= 4 is 17.1 Å². The maximum absolute atomic E-state index is 2.59. The number of nitrogens with zero attached hydrogens (tertiary/aromatic N) is 1. The first kappa shape index (κ1) is 43.3. The van der Waals surface area contributed by atoms with Crippen molar-refractivity contribution in [1.29, 1.82) is 0 Å². The molecule has 0 heterocycles. The Kier molecular flexibility index (Phi) is 10.6. The van der Waals surface area contributed by atoms with Gasteiger partial charge in [-0.2, -0.15) is 0 Å². The molecule has 0 saturated carbocycles. The highest BCUT2D eigenvalue weighted by molar-refractivity contribution is 5.99. The second-order valence-corrected chi connectivity index (χ2v) is 20.6. The van der Waals surface area contributed by atoms with E-state index in [-0.39, 0.29) is 10.8 Å². The monoisotopic (exact) mass is 899 g/mol. The number of fused-ring (bicyclic) bond motifs is 4. The van der Waals surface area contributed by atoms with E-state index in [4.69, 9.17) is 0 Å². The molecule has 2 aliphatic carbocycles. The summed E-state index contributed by atoms with van der Waals surface area (Å²) in [4.78, 5) is 2.57. The molecule has 70 heavy (non-hydrogen) atoms. The molecule has 0 aromatic heterocycles. The molecule has 1 heteroatoms. The van der Waals surface area contributed by atoms with Crippen LogP contribution in [0.3, 0.4) is 0 Å². The number of anilines is 3. The molecule has 1 nitrogen and oxygen atoms in total. The van der Waals surface area contributed by atoms with E-state index in [0.717, 1.165) is 29.9 Å². The second kappa shape index (κ2) is 17.2. The Labute approximate surface area is 414 Å². The zero-order chi connectivity index (χ0) is 47.5. The molecule has 338 valence electrons. The topological polar surface area (TPSA) is 3.24 Å². The Balaban J connectivity index is 1.17. The minimum Gasteiger partial charge on any atom is -0.309 e. The van der Waals surface area contributed by atoms with E-state index in [1.807, 2.05) is 0 Å². The molecule has 0 amide bonds. The van der Waals surface area contributed by atoms with Crippen molar-refractivity contribution in [3.05, 3.63) is 282 Å². The van der Waals surface area contributed by atoms with Crippen molar-refractivity contribution < 1.29 is 0 Å². The molecular weight excluding hydrogens is 843 g/mol. The fraction of sp³-hybridized carbons (Fsp3) is 0.130. The summed E-state index contributed by atoms with van der Waals surface area (Å²) in [6.07, 6.45) is 2.27. The van der Waals surface area contributed by atoms with Gasteiger partial charge in [0.1, 0.15) is 0 Å². The average Bonchev–Trinajstić information content (AvgIpc) is 3.71. The third kappa shape index (κ3) is 7.14. The van der Waals surface area contributed by atoms with Gasteiger partial charge in [0.2, 0.25) is 0 Å². The molecule has 0 bridgehead atoms. The van der Waals surface area contributed by atoms with Crippen LogP contribution in [0.4, 0.5) is 17.1 Å². The van der Waals surface area contributed by atoms with Crippen LogP contribution in [0, 0.1) is 0 Å². The zero-order valence-electron chi connectivity index (χ0n) is 40.5. The van der Waals surface area contributed by atoms with Gasteiger partial charge >= 0.3 is 0 Å². The van der Waals surface area contributed by atoms with E-state index < -0.39 is 5.41 Å². The van der Waals surface area contributed by atoms with Gasteiger partial charge in [0.15, 0.2) is 0 Å². The first-order chi connectivity index (χ1) is 34.2. The molecular formula is C69H57N. The van der Waals surface area contributed by atoms with Crippen molar-refractivity contribution in [2.45, 2.75) is 56.8 Å². The Morgan fingerprint density at radius 1 is 0.300 bits per heavy atom. The van der Waals surface area contributed by atoms with E-state index >= 15 is 0 Å². The van der Waals surface area contributed by atoms with Crippen LogP contribution in [0.25, 0.3) is 55.6 Å². The molecule has 10 aromatic rings. The fourth-order valence-electron chi connectivity index (χ4n) is 12.1. The third-order valence-electron chi connectivity index (χ3n) is 15.6. The van der Waals surface area contributed by atoms with Crippen LogP contribution >= 0.6 is 0 Å². The van der Waals surface area contributed by atoms with Crippen LogP contribution in [0.2, 0.25) is 0 Å². The van der Waals surface area contributed by atoms with Crippen LogP contribution in [0.5, 0.6) is 0 Å². The summed E-state index contributed by atoms with van der Waals surface area (Å²) in [6.45, 7) is 9.82. The predicted molar refractivity (Wildman–Crippen MR) is 295 cm³/mol. The SMILES string of the molecule is CC1(C)CCC(C)(C)c2c(-c3cc4c(cc3N(c3ccc(-c5ccc(-c6ccccc6)cc5)cc3)c3ccccc3-c3ccccc3)C(c3ccccc3)(c3ccccc3)c3ccccc3-4)cccc21. The summed E-state index contributed by atoms with van der Waals surface area (Å²) in [5.41, 5.74) is 23.0. The largest absolute Gasteiger partial charge is 0.309 e. The smallest absolute Gasteiger partial charge is 0.0714 e. The van der Waals surface area contributed by atoms with Crippen LogP contribution in [0.1, 0.15) is 73.9 Å². The average molecular weight is 900 g/mol. The van der Waals surface area contributed by atoms with Gasteiger partial charge in [-0.1, -0.05) is 246 Å². The number of para-hydroxylation sites is 1. The van der Waals surface area contributed by atoms with Crippen molar-refractivity contribution in [2.24, 2.45) is 0 Å². The quantitative estimate of drug-likeness (QED) is 0.140. The Morgan fingerprint density at radius 3 is 1.37 bits per heavy atom. The summed E-state index contributed by atoms with van der Waals surface area (Å²) < 4.78 is 0. The highest BCUT2D eigenvalue weighted by Gasteiger charge is 2.47. The van der Waals surface area contributed by atoms with E-state index in [0.29, 0.717) is 0 Å². The van der Waals surface area contributed by atoms with Gasteiger partial charge in [0.25, 0.3) is 0 Å². The summed E-state index contributed by atoms with van der Waals surface area (Å²) in [5, 5.41) is 0. The lowest BCUT2D eigenvalue weighted by Crippen LogP contribution is -2.34. The molecule has 0 aliphatic heterocycles. The molecule has 0 atom stereocenters. The molecule has 0 unspecified atom stereocenters. The number of benzene rings is 10. The van der Waals surface area contributed by atoms with Gasteiger partial charge < -0.3 is 4.90 Å².